The number of likely N-dealkylation sites (tertiary alicyclic amines) is 1. The van der Waals surface area contributed by atoms with E-state index in [0.717, 1.165) is 24.6 Å². The zero-order valence-electron chi connectivity index (χ0n) is 14.1. The lowest BCUT2D eigenvalue weighted by Gasteiger charge is -2.20. The Hall–Kier alpha value is -0.890. The van der Waals surface area contributed by atoms with Gasteiger partial charge in [-0.05, 0) is 51.0 Å². The number of aliphatic imine (C=N–C) groups is 1. The molecule has 1 aromatic rings. The van der Waals surface area contributed by atoms with Gasteiger partial charge in [-0.3, -0.25) is 9.98 Å². The Morgan fingerprint density at radius 2 is 1.96 bits per heavy atom. The number of guanidine groups is 1. The molecule has 1 aliphatic rings. The largest absolute Gasteiger partial charge is 0.356 e. The minimum Gasteiger partial charge on any atom is -0.356 e. The number of nitrogens with zero attached hydrogens (tertiary/aromatic N) is 3. The van der Waals surface area contributed by atoms with E-state index in [1.54, 1.807) is 0 Å². The van der Waals surface area contributed by atoms with Crippen molar-refractivity contribution >= 4 is 29.9 Å². The average molecular weight is 431 g/mol. The molecule has 0 amide bonds. The normalized spacial score (nSPS) is 16.3. The molecule has 1 aliphatic heterocycles. The minimum absolute atomic E-state index is 0. The molecule has 0 bridgehead atoms. The number of pyridine rings is 1. The summed E-state index contributed by atoms with van der Waals surface area (Å²) >= 11 is 0. The van der Waals surface area contributed by atoms with E-state index in [1.807, 2.05) is 31.4 Å². The topological polar surface area (TPSA) is 52.6 Å². The van der Waals surface area contributed by atoms with Crippen molar-refractivity contribution < 1.29 is 0 Å². The van der Waals surface area contributed by atoms with Crippen LogP contribution in [0.25, 0.3) is 0 Å². The van der Waals surface area contributed by atoms with Gasteiger partial charge < -0.3 is 15.5 Å². The lowest BCUT2D eigenvalue weighted by Crippen LogP contribution is -2.38. The minimum atomic E-state index is 0. The summed E-state index contributed by atoms with van der Waals surface area (Å²) in [6.45, 7) is 5.38. The molecule has 6 heteroatoms. The van der Waals surface area contributed by atoms with E-state index in [2.05, 4.69) is 25.5 Å². The maximum absolute atomic E-state index is 4.30. The van der Waals surface area contributed by atoms with Gasteiger partial charge in [-0.2, -0.15) is 0 Å². The van der Waals surface area contributed by atoms with Crippen molar-refractivity contribution in [1.29, 1.82) is 0 Å². The highest BCUT2D eigenvalue weighted by Crippen LogP contribution is 2.09. The lowest BCUT2D eigenvalue weighted by atomic mass is 10.2. The van der Waals surface area contributed by atoms with E-state index in [1.165, 1.54) is 45.3 Å². The smallest absolute Gasteiger partial charge is 0.191 e. The molecule has 23 heavy (non-hydrogen) atoms. The van der Waals surface area contributed by atoms with Crippen molar-refractivity contribution in [2.45, 2.75) is 38.6 Å². The molecule has 0 atom stereocenters. The first-order valence-electron chi connectivity index (χ1n) is 8.45. The van der Waals surface area contributed by atoms with Crippen LogP contribution in [0.1, 0.15) is 37.8 Å². The summed E-state index contributed by atoms with van der Waals surface area (Å²) < 4.78 is 0. The second kappa shape index (κ2) is 12.5. The predicted octanol–water partition coefficient (Wildman–Crippen LogP) is 2.63. The third kappa shape index (κ3) is 8.50. The van der Waals surface area contributed by atoms with E-state index < -0.39 is 0 Å². The Balaban J connectivity index is 0.00000264. The van der Waals surface area contributed by atoms with Gasteiger partial charge in [0.25, 0.3) is 0 Å². The van der Waals surface area contributed by atoms with Crippen LogP contribution >= 0.6 is 24.0 Å². The van der Waals surface area contributed by atoms with E-state index in [0.29, 0.717) is 6.54 Å². The summed E-state index contributed by atoms with van der Waals surface area (Å²) in [4.78, 5) is 11.2. The van der Waals surface area contributed by atoms with E-state index in [-0.39, 0.29) is 24.0 Å². The second-order valence-electron chi connectivity index (χ2n) is 5.78. The summed E-state index contributed by atoms with van der Waals surface area (Å²) in [6, 6.07) is 5.94. The van der Waals surface area contributed by atoms with Crippen LogP contribution in [0.5, 0.6) is 0 Å². The fraction of sp³-hybridized carbons (Fsp3) is 0.647. The Kier molecular flexibility index (Phi) is 11.0. The van der Waals surface area contributed by atoms with Gasteiger partial charge in [0.15, 0.2) is 5.96 Å². The molecule has 0 radical (unpaired) electrons. The van der Waals surface area contributed by atoms with Crippen LogP contribution < -0.4 is 10.6 Å². The van der Waals surface area contributed by atoms with Crippen molar-refractivity contribution in [3.8, 4) is 0 Å². The fourth-order valence-corrected chi connectivity index (χ4v) is 2.77. The number of nitrogens with one attached hydrogen (secondary N) is 2. The SMILES string of the molecule is CN=C(NCCCN1CCCCCC1)NCc1ccccn1.I. The van der Waals surface area contributed by atoms with Gasteiger partial charge in [0, 0.05) is 19.8 Å². The summed E-state index contributed by atoms with van der Waals surface area (Å²) in [6.07, 6.45) is 8.50. The molecule has 5 nitrogen and oxygen atoms in total. The Bertz CT molecular complexity index is 430. The first-order chi connectivity index (χ1) is 10.9. The highest BCUT2D eigenvalue weighted by atomic mass is 127. The summed E-state index contributed by atoms with van der Waals surface area (Å²) in [7, 11) is 1.81. The Labute approximate surface area is 157 Å². The number of hydrogen-bond acceptors (Lipinski definition) is 3. The molecule has 1 fully saturated rings. The maximum Gasteiger partial charge on any atom is 0.191 e. The van der Waals surface area contributed by atoms with Gasteiger partial charge in [-0.25, -0.2) is 0 Å². The van der Waals surface area contributed by atoms with Gasteiger partial charge in [-0.15, -0.1) is 24.0 Å². The van der Waals surface area contributed by atoms with Crippen molar-refractivity contribution in [1.82, 2.24) is 20.5 Å². The van der Waals surface area contributed by atoms with Gasteiger partial charge >= 0.3 is 0 Å². The van der Waals surface area contributed by atoms with Crippen LogP contribution in [0.3, 0.4) is 0 Å². The predicted molar refractivity (Wildman–Crippen MR) is 107 cm³/mol. The number of rotatable bonds is 6. The lowest BCUT2D eigenvalue weighted by molar-refractivity contribution is 0.282. The van der Waals surface area contributed by atoms with Crippen molar-refractivity contribution in [3.63, 3.8) is 0 Å². The van der Waals surface area contributed by atoms with E-state index in [4.69, 9.17) is 0 Å². The summed E-state index contributed by atoms with van der Waals surface area (Å²) in [5, 5.41) is 6.68. The molecule has 0 aromatic carbocycles. The molecule has 0 spiro atoms. The highest BCUT2D eigenvalue weighted by molar-refractivity contribution is 14.0. The van der Waals surface area contributed by atoms with Gasteiger partial charge in [0.2, 0.25) is 0 Å². The third-order valence-electron chi connectivity index (χ3n) is 4.03. The molecule has 2 N–H and O–H groups in total. The second-order valence-corrected chi connectivity index (χ2v) is 5.78. The Morgan fingerprint density at radius 1 is 1.17 bits per heavy atom. The molecule has 2 rings (SSSR count). The maximum atomic E-state index is 4.30. The zero-order valence-corrected chi connectivity index (χ0v) is 16.5. The Morgan fingerprint density at radius 3 is 2.61 bits per heavy atom. The molecule has 0 aliphatic carbocycles. The monoisotopic (exact) mass is 431 g/mol. The fourth-order valence-electron chi connectivity index (χ4n) is 2.77. The first kappa shape index (κ1) is 20.2. The number of aromatic nitrogens is 1. The summed E-state index contributed by atoms with van der Waals surface area (Å²) in [5.41, 5.74) is 1.02. The molecular formula is C17H30IN5. The van der Waals surface area contributed by atoms with Gasteiger partial charge in [-0.1, -0.05) is 18.9 Å². The van der Waals surface area contributed by atoms with Crippen LogP contribution in [0.4, 0.5) is 0 Å². The molecule has 2 heterocycles. The van der Waals surface area contributed by atoms with Crippen molar-refractivity contribution in [2.24, 2.45) is 4.99 Å². The molecule has 0 unspecified atom stereocenters. The molecule has 0 saturated carbocycles. The van der Waals surface area contributed by atoms with Crippen LogP contribution in [0.15, 0.2) is 29.4 Å². The van der Waals surface area contributed by atoms with Crippen molar-refractivity contribution in [2.75, 3.05) is 33.2 Å². The quantitative estimate of drug-likeness (QED) is 0.315. The van der Waals surface area contributed by atoms with Crippen LogP contribution in [0.2, 0.25) is 0 Å². The van der Waals surface area contributed by atoms with Crippen molar-refractivity contribution in [3.05, 3.63) is 30.1 Å². The third-order valence-corrected chi connectivity index (χ3v) is 4.03. The van der Waals surface area contributed by atoms with Gasteiger partial charge in [0.05, 0.1) is 12.2 Å². The van der Waals surface area contributed by atoms with Gasteiger partial charge in [0.1, 0.15) is 0 Å². The average Bonchev–Trinajstić information content (AvgIpc) is 2.84. The molecule has 130 valence electrons. The van der Waals surface area contributed by atoms with Crippen LogP contribution in [0, 0.1) is 0 Å². The summed E-state index contributed by atoms with van der Waals surface area (Å²) in [5.74, 6) is 0.849. The number of hydrogen-bond donors (Lipinski definition) is 2. The molecule has 1 aromatic heterocycles. The highest BCUT2D eigenvalue weighted by Gasteiger charge is 2.08. The molecule has 1 saturated heterocycles. The van der Waals surface area contributed by atoms with E-state index in [9.17, 15) is 0 Å². The standard InChI is InChI=1S/C17H29N5.HI/c1-18-17(21-15-16-9-4-5-10-19-16)20-11-8-14-22-12-6-2-3-7-13-22;/h4-5,9-10H,2-3,6-8,11-15H2,1H3,(H2,18,20,21);1H. The zero-order chi connectivity index (χ0) is 15.5. The molecular weight excluding hydrogens is 401 g/mol. The van der Waals surface area contributed by atoms with Crippen LogP contribution in [-0.2, 0) is 6.54 Å². The first-order valence-corrected chi connectivity index (χ1v) is 8.45. The van der Waals surface area contributed by atoms with Crippen LogP contribution in [-0.4, -0.2) is 49.1 Å². The van der Waals surface area contributed by atoms with E-state index >= 15 is 0 Å². The number of halogens is 1.